The molecule has 0 N–H and O–H groups in total. The normalized spacial score (nSPS) is 29.6. The molecule has 0 amide bonds. The molecule has 1 atom stereocenters. The molecule has 0 aromatic heterocycles. The van der Waals surface area contributed by atoms with Crippen LogP contribution in [0.1, 0.15) is 6.42 Å². The molecule has 2 heteroatoms. The van der Waals surface area contributed by atoms with Gasteiger partial charge in [-0.05, 0) is 20.5 Å². The molecule has 1 heterocycles. The summed E-state index contributed by atoms with van der Waals surface area (Å²) in [6.07, 6.45) is 1.20. The zero-order chi connectivity index (χ0) is 5.98. The second kappa shape index (κ2) is 2.46. The highest BCUT2D eigenvalue weighted by molar-refractivity contribution is 4.69. The molecule has 1 rings (SSSR count). The summed E-state index contributed by atoms with van der Waals surface area (Å²) in [5, 5.41) is 0. The number of likely N-dealkylation sites (N-methyl/N-ethyl adjacent to an activating group) is 1. The molecule has 0 aromatic rings. The SMILES string of the molecule is CN(C)C1CCOC1. The van der Waals surface area contributed by atoms with E-state index < -0.39 is 0 Å². The van der Waals surface area contributed by atoms with Crippen molar-refractivity contribution in [2.75, 3.05) is 27.3 Å². The average Bonchev–Trinajstić information content (AvgIpc) is 2.12. The molecule has 0 radical (unpaired) electrons. The Balaban J connectivity index is 2.24. The van der Waals surface area contributed by atoms with Gasteiger partial charge in [-0.3, -0.25) is 0 Å². The summed E-state index contributed by atoms with van der Waals surface area (Å²) in [5.74, 6) is 0. The van der Waals surface area contributed by atoms with Crippen molar-refractivity contribution < 1.29 is 4.74 Å². The molecular weight excluding hydrogens is 102 g/mol. The second-order valence-corrected chi connectivity index (χ2v) is 2.48. The third kappa shape index (κ3) is 1.20. The molecule has 0 spiro atoms. The Hall–Kier alpha value is -0.0800. The van der Waals surface area contributed by atoms with Gasteiger partial charge in [0.15, 0.2) is 0 Å². The quantitative estimate of drug-likeness (QED) is 0.488. The first kappa shape index (κ1) is 6.05. The Kier molecular flexibility index (Phi) is 1.86. The van der Waals surface area contributed by atoms with Crippen LogP contribution in [0.25, 0.3) is 0 Å². The first-order chi connectivity index (χ1) is 3.80. The lowest BCUT2D eigenvalue weighted by Crippen LogP contribution is -2.27. The monoisotopic (exact) mass is 115 g/mol. The standard InChI is InChI=1S/C6H13NO/c1-7(2)6-3-4-8-5-6/h6H,3-5H2,1-2H3. The molecule has 1 fully saturated rings. The summed E-state index contributed by atoms with van der Waals surface area (Å²) in [7, 11) is 4.19. The van der Waals surface area contributed by atoms with Gasteiger partial charge in [0.2, 0.25) is 0 Å². The van der Waals surface area contributed by atoms with E-state index in [1.54, 1.807) is 0 Å². The van der Waals surface area contributed by atoms with E-state index in [9.17, 15) is 0 Å². The fourth-order valence-electron chi connectivity index (χ4n) is 0.929. The van der Waals surface area contributed by atoms with Crippen molar-refractivity contribution in [3.8, 4) is 0 Å². The third-order valence-electron chi connectivity index (χ3n) is 1.64. The second-order valence-electron chi connectivity index (χ2n) is 2.48. The zero-order valence-corrected chi connectivity index (χ0v) is 5.55. The van der Waals surface area contributed by atoms with Crippen LogP contribution in [0.5, 0.6) is 0 Å². The van der Waals surface area contributed by atoms with Crippen LogP contribution < -0.4 is 0 Å². The summed E-state index contributed by atoms with van der Waals surface area (Å²) in [4.78, 5) is 2.22. The van der Waals surface area contributed by atoms with E-state index in [4.69, 9.17) is 4.74 Å². The Bertz CT molecular complexity index is 66.9. The van der Waals surface area contributed by atoms with Crippen LogP contribution in [0.2, 0.25) is 0 Å². The highest BCUT2D eigenvalue weighted by atomic mass is 16.5. The van der Waals surface area contributed by atoms with Crippen molar-refractivity contribution >= 4 is 0 Å². The Labute approximate surface area is 50.4 Å². The largest absolute Gasteiger partial charge is 0.380 e. The van der Waals surface area contributed by atoms with Crippen molar-refractivity contribution in [3.63, 3.8) is 0 Å². The lowest BCUT2D eigenvalue weighted by Gasteiger charge is -2.15. The fourth-order valence-corrected chi connectivity index (χ4v) is 0.929. The predicted octanol–water partition coefficient (Wildman–Crippen LogP) is 0.337. The lowest BCUT2D eigenvalue weighted by atomic mass is 10.2. The highest BCUT2D eigenvalue weighted by Gasteiger charge is 2.16. The van der Waals surface area contributed by atoms with Crippen LogP contribution in [0, 0.1) is 0 Å². The minimum absolute atomic E-state index is 0.676. The topological polar surface area (TPSA) is 12.5 Å². The Morgan fingerprint density at radius 2 is 2.25 bits per heavy atom. The third-order valence-corrected chi connectivity index (χ3v) is 1.64. The molecule has 0 saturated carbocycles. The number of hydrogen-bond acceptors (Lipinski definition) is 2. The fraction of sp³-hybridized carbons (Fsp3) is 1.00. The van der Waals surface area contributed by atoms with E-state index in [-0.39, 0.29) is 0 Å². The molecule has 1 unspecified atom stereocenters. The van der Waals surface area contributed by atoms with Gasteiger partial charge in [-0.25, -0.2) is 0 Å². The molecular formula is C6H13NO. The van der Waals surface area contributed by atoms with Gasteiger partial charge in [0.25, 0.3) is 0 Å². The number of ether oxygens (including phenoxy) is 1. The van der Waals surface area contributed by atoms with Crippen LogP contribution in [-0.4, -0.2) is 38.3 Å². The summed E-state index contributed by atoms with van der Waals surface area (Å²) < 4.78 is 5.18. The van der Waals surface area contributed by atoms with Gasteiger partial charge >= 0.3 is 0 Å². The summed E-state index contributed by atoms with van der Waals surface area (Å²) >= 11 is 0. The zero-order valence-electron chi connectivity index (χ0n) is 5.55. The number of nitrogens with zero attached hydrogens (tertiary/aromatic N) is 1. The van der Waals surface area contributed by atoms with Crippen LogP contribution in [-0.2, 0) is 4.74 Å². The van der Waals surface area contributed by atoms with Crippen LogP contribution in [0.15, 0.2) is 0 Å². The van der Waals surface area contributed by atoms with Crippen molar-refractivity contribution in [2.24, 2.45) is 0 Å². The van der Waals surface area contributed by atoms with Gasteiger partial charge in [-0.15, -0.1) is 0 Å². The Morgan fingerprint density at radius 1 is 1.50 bits per heavy atom. The minimum atomic E-state index is 0.676. The van der Waals surface area contributed by atoms with E-state index in [1.807, 2.05) is 0 Å². The van der Waals surface area contributed by atoms with E-state index in [1.165, 1.54) is 6.42 Å². The summed E-state index contributed by atoms with van der Waals surface area (Å²) in [5.41, 5.74) is 0. The summed E-state index contributed by atoms with van der Waals surface area (Å²) in [6, 6.07) is 0.676. The number of hydrogen-bond donors (Lipinski definition) is 0. The van der Waals surface area contributed by atoms with Crippen LogP contribution in [0.4, 0.5) is 0 Å². The van der Waals surface area contributed by atoms with Crippen molar-refractivity contribution in [3.05, 3.63) is 0 Å². The van der Waals surface area contributed by atoms with E-state index in [0.717, 1.165) is 13.2 Å². The molecule has 0 aliphatic carbocycles. The molecule has 1 aliphatic heterocycles. The molecule has 8 heavy (non-hydrogen) atoms. The first-order valence-electron chi connectivity index (χ1n) is 3.05. The van der Waals surface area contributed by atoms with E-state index >= 15 is 0 Å². The van der Waals surface area contributed by atoms with E-state index in [2.05, 4.69) is 19.0 Å². The molecule has 0 bridgehead atoms. The molecule has 1 saturated heterocycles. The Morgan fingerprint density at radius 3 is 2.50 bits per heavy atom. The molecule has 2 nitrogen and oxygen atoms in total. The van der Waals surface area contributed by atoms with Gasteiger partial charge in [-0.2, -0.15) is 0 Å². The van der Waals surface area contributed by atoms with Gasteiger partial charge in [0.05, 0.1) is 6.61 Å². The minimum Gasteiger partial charge on any atom is -0.380 e. The van der Waals surface area contributed by atoms with Crippen molar-refractivity contribution in [2.45, 2.75) is 12.5 Å². The maximum absolute atomic E-state index is 5.18. The van der Waals surface area contributed by atoms with Gasteiger partial charge in [0, 0.05) is 12.6 Å². The number of rotatable bonds is 1. The highest BCUT2D eigenvalue weighted by Crippen LogP contribution is 2.07. The predicted molar refractivity (Wildman–Crippen MR) is 32.9 cm³/mol. The first-order valence-corrected chi connectivity index (χ1v) is 3.05. The van der Waals surface area contributed by atoms with Gasteiger partial charge in [0.1, 0.15) is 0 Å². The maximum Gasteiger partial charge on any atom is 0.0622 e. The van der Waals surface area contributed by atoms with Crippen molar-refractivity contribution in [1.29, 1.82) is 0 Å². The maximum atomic E-state index is 5.18. The van der Waals surface area contributed by atoms with Crippen LogP contribution >= 0.6 is 0 Å². The van der Waals surface area contributed by atoms with Gasteiger partial charge in [-0.1, -0.05) is 0 Å². The molecule has 0 aromatic carbocycles. The van der Waals surface area contributed by atoms with Gasteiger partial charge < -0.3 is 9.64 Å². The molecule has 1 aliphatic rings. The molecule has 48 valence electrons. The van der Waals surface area contributed by atoms with E-state index in [0.29, 0.717) is 6.04 Å². The summed E-state index contributed by atoms with van der Waals surface area (Å²) in [6.45, 7) is 1.87. The smallest absolute Gasteiger partial charge is 0.0622 e. The lowest BCUT2D eigenvalue weighted by molar-refractivity contribution is 0.170. The average molecular weight is 115 g/mol. The van der Waals surface area contributed by atoms with Crippen molar-refractivity contribution in [1.82, 2.24) is 4.90 Å². The van der Waals surface area contributed by atoms with Crippen LogP contribution in [0.3, 0.4) is 0 Å².